The van der Waals surface area contributed by atoms with E-state index < -0.39 is 0 Å². The number of amides is 2. The van der Waals surface area contributed by atoms with Gasteiger partial charge in [0.25, 0.3) is 0 Å². The molecule has 0 spiro atoms. The molecular weight excluding hydrogens is 638 g/mol. The van der Waals surface area contributed by atoms with Gasteiger partial charge in [-0.3, -0.25) is 9.59 Å². The van der Waals surface area contributed by atoms with Gasteiger partial charge in [0.15, 0.2) is 0 Å². The maximum Gasteiger partial charge on any atom is 0.220 e. The lowest BCUT2D eigenvalue weighted by Crippen LogP contribution is -3.00. The lowest BCUT2D eigenvalue weighted by Gasteiger charge is -2.35. The Morgan fingerprint density at radius 3 is 0.820 bits per heavy atom. The van der Waals surface area contributed by atoms with Crippen LogP contribution in [0.2, 0.25) is 0 Å². The molecule has 0 aromatic heterocycles. The first-order chi connectivity index (χ1) is 23.7. The number of nitrogens with zero attached hydrogens (tertiary/aromatic N) is 1. The Kier molecular flexibility index (Phi) is 38.9. The van der Waals surface area contributed by atoms with Crippen LogP contribution in [0.4, 0.5) is 0 Å². The van der Waals surface area contributed by atoms with Gasteiger partial charge in [-0.2, -0.15) is 0 Å². The summed E-state index contributed by atoms with van der Waals surface area (Å²) in [6.07, 6.45) is 41.6. The van der Waals surface area contributed by atoms with Crippen molar-refractivity contribution in [3.8, 4) is 0 Å². The van der Waals surface area contributed by atoms with Crippen molar-refractivity contribution in [1.82, 2.24) is 10.6 Å². The van der Waals surface area contributed by atoms with Crippen molar-refractivity contribution in [1.29, 1.82) is 0 Å². The molecule has 0 saturated heterocycles. The van der Waals surface area contributed by atoms with Gasteiger partial charge in [-0.05, 0) is 26.7 Å². The number of nitrogens with one attached hydrogen (secondary N) is 2. The molecule has 0 aromatic carbocycles. The number of hydrogen-bond acceptors (Lipinski definition) is 2. The molecule has 2 unspecified atom stereocenters. The molecule has 0 aliphatic rings. The zero-order valence-corrected chi connectivity index (χ0v) is 35.6. The number of likely N-dealkylation sites (N-methyl/N-ethyl adjacent to an activating group) is 1. The van der Waals surface area contributed by atoms with Crippen molar-refractivity contribution in [2.45, 2.75) is 245 Å². The van der Waals surface area contributed by atoms with Crippen LogP contribution in [0.25, 0.3) is 0 Å². The maximum atomic E-state index is 12.5. The van der Waals surface area contributed by atoms with Crippen LogP contribution in [0.3, 0.4) is 0 Å². The molecule has 0 aliphatic carbocycles. The summed E-state index contributed by atoms with van der Waals surface area (Å²) in [4.78, 5) is 25.1. The summed E-state index contributed by atoms with van der Waals surface area (Å²) in [5, 5.41) is 6.46. The number of carbonyl (C=O) groups excluding carboxylic acids is 2. The number of hydrogen-bond donors (Lipinski definition) is 2. The minimum atomic E-state index is 0. The fraction of sp³-hybridized carbons (Fsp3) is 0.955. The van der Waals surface area contributed by atoms with E-state index in [0.717, 1.165) is 43.3 Å². The zero-order valence-electron chi connectivity index (χ0n) is 34.8. The second-order valence-electron chi connectivity index (χ2n) is 16.6. The van der Waals surface area contributed by atoms with Crippen LogP contribution in [-0.2, 0) is 9.59 Å². The number of halogens is 1. The monoisotopic (exact) mass is 728 g/mol. The van der Waals surface area contributed by atoms with E-state index in [1.54, 1.807) is 0 Å². The maximum absolute atomic E-state index is 12.5. The average Bonchev–Trinajstić information content (AvgIpc) is 3.04. The van der Waals surface area contributed by atoms with E-state index in [2.05, 4.69) is 52.4 Å². The van der Waals surface area contributed by atoms with Crippen molar-refractivity contribution >= 4 is 11.8 Å². The van der Waals surface area contributed by atoms with Crippen molar-refractivity contribution in [2.75, 3.05) is 27.2 Å². The Morgan fingerprint density at radius 2 is 0.600 bits per heavy atom. The van der Waals surface area contributed by atoms with Gasteiger partial charge in [0.1, 0.15) is 0 Å². The molecule has 5 nitrogen and oxygen atoms in total. The molecule has 0 radical (unpaired) electrons. The highest BCUT2D eigenvalue weighted by atomic mass is 35.5. The van der Waals surface area contributed by atoms with Crippen molar-refractivity contribution in [3.05, 3.63) is 0 Å². The molecule has 0 bridgehead atoms. The molecule has 300 valence electrons. The first-order valence-corrected chi connectivity index (χ1v) is 22.1. The van der Waals surface area contributed by atoms with Crippen molar-refractivity contribution in [3.63, 3.8) is 0 Å². The van der Waals surface area contributed by atoms with Gasteiger partial charge < -0.3 is 27.5 Å². The second kappa shape index (κ2) is 37.9. The second-order valence-corrected chi connectivity index (χ2v) is 16.6. The smallest absolute Gasteiger partial charge is 0.220 e. The summed E-state index contributed by atoms with van der Waals surface area (Å²) in [5.74, 6) is 0.374. The average molecular weight is 729 g/mol. The standard InChI is InChI=1S/C44H89N3O2.ClH/c1-7-9-11-13-15-17-19-21-23-25-27-29-31-33-35-37-43(48)45-41(3)39-47(5,6)40-42(4)46-44(49)38-36-34-32-30-28-26-24-22-20-18-16-14-12-10-8-2;/h41-42H,7-40H2,1-6H3,(H-,45,46,48,49);1H. The van der Waals surface area contributed by atoms with Crippen LogP contribution >= 0.6 is 0 Å². The first-order valence-electron chi connectivity index (χ1n) is 22.1. The SMILES string of the molecule is CCCCCCCCCCCCCCCCCC(=O)NC(C)C[N+](C)(C)CC(C)NC(=O)CCCCCCCCCCCCCCCCC.[Cl-]. The summed E-state index contributed by atoms with van der Waals surface area (Å²) in [7, 11) is 4.41. The van der Waals surface area contributed by atoms with Crippen LogP contribution in [0, 0.1) is 0 Å². The molecule has 50 heavy (non-hydrogen) atoms. The number of unbranched alkanes of at least 4 members (excludes halogenated alkanes) is 28. The highest BCUT2D eigenvalue weighted by Gasteiger charge is 2.24. The molecule has 2 amide bonds. The minimum Gasteiger partial charge on any atom is -1.00 e. The first kappa shape index (κ1) is 51.3. The largest absolute Gasteiger partial charge is 1.00 e. The molecule has 0 fully saturated rings. The van der Waals surface area contributed by atoms with Crippen LogP contribution in [0.1, 0.15) is 233 Å². The molecule has 2 N–H and O–H groups in total. The predicted octanol–water partition coefficient (Wildman–Crippen LogP) is 9.60. The van der Waals surface area contributed by atoms with E-state index >= 15 is 0 Å². The Bertz CT molecular complexity index is 674. The molecule has 6 heteroatoms. The lowest BCUT2D eigenvalue weighted by molar-refractivity contribution is -0.892. The summed E-state index contributed by atoms with van der Waals surface area (Å²) in [6.45, 7) is 10.5. The molecule has 0 aromatic rings. The van der Waals surface area contributed by atoms with Crippen LogP contribution in [0.15, 0.2) is 0 Å². The lowest BCUT2D eigenvalue weighted by atomic mass is 10.0. The number of rotatable bonds is 38. The Labute approximate surface area is 320 Å². The third-order valence-corrected chi connectivity index (χ3v) is 10.4. The van der Waals surface area contributed by atoms with E-state index in [-0.39, 0.29) is 36.3 Å². The third kappa shape index (κ3) is 38.4. The van der Waals surface area contributed by atoms with Crippen molar-refractivity contribution in [2.24, 2.45) is 0 Å². The van der Waals surface area contributed by atoms with Gasteiger partial charge >= 0.3 is 0 Å². The number of quaternary nitrogens is 1. The highest BCUT2D eigenvalue weighted by Crippen LogP contribution is 2.15. The van der Waals surface area contributed by atoms with Crippen LogP contribution < -0.4 is 23.0 Å². The minimum absolute atomic E-state index is 0. The molecular formula is C44H90ClN3O2. The van der Waals surface area contributed by atoms with Gasteiger partial charge in [-0.15, -0.1) is 0 Å². The fourth-order valence-corrected chi connectivity index (χ4v) is 7.66. The zero-order chi connectivity index (χ0) is 36.3. The highest BCUT2D eigenvalue weighted by molar-refractivity contribution is 5.76. The predicted molar refractivity (Wildman–Crippen MR) is 216 cm³/mol. The van der Waals surface area contributed by atoms with Gasteiger partial charge in [0.05, 0.1) is 39.3 Å². The van der Waals surface area contributed by atoms with Crippen LogP contribution in [-0.4, -0.2) is 55.6 Å². The summed E-state index contributed by atoms with van der Waals surface area (Å²) in [6, 6.07) is 0.254. The Balaban J connectivity index is 0. The van der Waals surface area contributed by atoms with E-state index in [4.69, 9.17) is 0 Å². The molecule has 0 aliphatic heterocycles. The molecule has 2 atom stereocenters. The van der Waals surface area contributed by atoms with E-state index in [0.29, 0.717) is 12.8 Å². The Hall–Kier alpha value is -0.810. The van der Waals surface area contributed by atoms with Gasteiger partial charge in [0, 0.05) is 12.8 Å². The van der Waals surface area contributed by atoms with E-state index in [9.17, 15) is 9.59 Å². The van der Waals surface area contributed by atoms with Crippen molar-refractivity contribution < 1.29 is 26.5 Å². The molecule has 0 rings (SSSR count). The Morgan fingerprint density at radius 1 is 0.400 bits per heavy atom. The van der Waals surface area contributed by atoms with Gasteiger partial charge in [0.2, 0.25) is 11.8 Å². The number of carbonyl (C=O) groups is 2. The summed E-state index contributed by atoms with van der Waals surface area (Å²) in [5.41, 5.74) is 0. The fourth-order valence-electron chi connectivity index (χ4n) is 7.66. The van der Waals surface area contributed by atoms with E-state index in [1.807, 2.05) is 0 Å². The van der Waals surface area contributed by atoms with E-state index in [1.165, 1.54) is 167 Å². The normalized spacial score (nSPS) is 12.8. The van der Waals surface area contributed by atoms with Crippen LogP contribution in [0.5, 0.6) is 0 Å². The topological polar surface area (TPSA) is 58.2 Å². The molecule has 0 heterocycles. The van der Waals surface area contributed by atoms with Gasteiger partial charge in [-0.1, -0.05) is 194 Å². The summed E-state index contributed by atoms with van der Waals surface area (Å²) < 4.78 is 0.779. The third-order valence-electron chi connectivity index (χ3n) is 10.4. The quantitative estimate of drug-likeness (QED) is 0.0492. The summed E-state index contributed by atoms with van der Waals surface area (Å²) >= 11 is 0. The molecule has 0 saturated carbocycles. The van der Waals surface area contributed by atoms with Gasteiger partial charge in [-0.25, -0.2) is 0 Å².